The van der Waals surface area contributed by atoms with Gasteiger partial charge in [-0.25, -0.2) is 4.68 Å². The van der Waals surface area contributed by atoms with Crippen molar-refractivity contribution in [2.24, 2.45) is 0 Å². The Labute approximate surface area is 136 Å². The number of hydrogen-bond donors (Lipinski definition) is 1. The van der Waals surface area contributed by atoms with Gasteiger partial charge in [-0.05, 0) is 12.5 Å². The van der Waals surface area contributed by atoms with E-state index in [1.165, 1.54) is 0 Å². The second kappa shape index (κ2) is 7.39. The second-order valence-corrected chi connectivity index (χ2v) is 5.82. The van der Waals surface area contributed by atoms with Gasteiger partial charge in [-0.1, -0.05) is 30.3 Å². The molecule has 2 aromatic rings. The summed E-state index contributed by atoms with van der Waals surface area (Å²) in [6.45, 7) is 5.30. The first-order chi connectivity index (χ1) is 11.2. The maximum absolute atomic E-state index is 12.3. The summed E-state index contributed by atoms with van der Waals surface area (Å²) in [6.07, 6.45) is 1.88. The summed E-state index contributed by atoms with van der Waals surface area (Å²) in [6, 6.07) is 11.9. The monoisotopic (exact) mass is 314 g/mol. The highest BCUT2D eigenvalue weighted by atomic mass is 16.5. The van der Waals surface area contributed by atoms with Gasteiger partial charge in [0.1, 0.15) is 5.82 Å². The fraction of sp³-hybridized carbons (Fsp3) is 0.412. The van der Waals surface area contributed by atoms with Crippen molar-refractivity contribution in [2.45, 2.75) is 19.6 Å². The lowest BCUT2D eigenvalue weighted by Gasteiger charge is -2.30. The molecular formula is C17H22N4O2. The lowest BCUT2D eigenvalue weighted by Crippen LogP contribution is -2.44. The zero-order valence-electron chi connectivity index (χ0n) is 13.3. The molecule has 1 saturated heterocycles. The number of ether oxygens (including phenoxy) is 1. The Morgan fingerprint density at radius 1 is 1.35 bits per heavy atom. The van der Waals surface area contributed by atoms with Gasteiger partial charge < -0.3 is 10.1 Å². The molecule has 1 atom stereocenters. The first kappa shape index (κ1) is 15.7. The lowest BCUT2D eigenvalue weighted by atomic mass is 10.2. The maximum Gasteiger partial charge on any atom is 0.239 e. The Bertz CT molecular complexity index is 641. The van der Waals surface area contributed by atoms with E-state index in [2.05, 4.69) is 15.3 Å². The predicted octanol–water partition coefficient (Wildman–Crippen LogP) is 1.59. The molecule has 6 heteroatoms. The van der Waals surface area contributed by atoms with Crippen molar-refractivity contribution in [3.05, 3.63) is 48.2 Å². The molecule has 0 bridgehead atoms. The van der Waals surface area contributed by atoms with E-state index in [0.717, 1.165) is 24.5 Å². The van der Waals surface area contributed by atoms with Crippen molar-refractivity contribution < 1.29 is 9.53 Å². The van der Waals surface area contributed by atoms with E-state index in [9.17, 15) is 4.79 Å². The van der Waals surface area contributed by atoms with Crippen molar-refractivity contribution in [1.82, 2.24) is 14.7 Å². The SMILES string of the molecule is C[C@@H]1CN(CC(=O)Nc2ccnn2Cc2ccccc2)CCO1. The number of rotatable bonds is 5. The molecule has 2 heterocycles. The van der Waals surface area contributed by atoms with E-state index in [1.54, 1.807) is 10.9 Å². The van der Waals surface area contributed by atoms with E-state index in [4.69, 9.17) is 4.74 Å². The van der Waals surface area contributed by atoms with Crippen molar-refractivity contribution in [2.75, 3.05) is 31.6 Å². The van der Waals surface area contributed by atoms with Gasteiger partial charge in [-0.3, -0.25) is 9.69 Å². The fourth-order valence-electron chi connectivity index (χ4n) is 2.74. The van der Waals surface area contributed by atoms with E-state index in [-0.39, 0.29) is 12.0 Å². The van der Waals surface area contributed by atoms with Crippen molar-refractivity contribution in [3.8, 4) is 0 Å². The Morgan fingerprint density at radius 3 is 2.96 bits per heavy atom. The minimum absolute atomic E-state index is 0.0195. The number of aromatic nitrogens is 2. The number of carbonyl (C=O) groups is 1. The van der Waals surface area contributed by atoms with Crippen LogP contribution < -0.4 is 5.32 Å². The Kier molecular flexibility index (Phi) is 5.05. The standard InChI is InChI=1S/C17H22N4O2/c1-14-11-20(9-10-23-14)13-17(22)19-16-7-8-18-21(16)12-15-5-3-2-4-6-15/h2-8,14H,9-13H2,1H3,(H,19,22)/t14-/m1/s1. The van der Waals surface area contributed by atoms with Gasteiger partial charge in [0, 0.05) is 19.2 Å². The average Bonchev–Trinajstić information content (AvgIpc) is 2.95. The van der Waals surface area contributed by atoms with Gasteiger partial charge in [0.05, 0.1) is 32.0 Å². The molecule has 0 aliphatic carbocycles. The van der Waals surface area contributed by atoms with Gasteiger partial charge in [0.25, 0.3) is 0 Å². The molecule has 0 unspecified atom stereocenters. The third kappa shape index (κ3) is 4.40. The molecule has 1 aliphatic rings. The van der Waals surface area contributed by atoms with Crippen LogP contribution in [0.5, 0.6) is 0 Å². The largest absolute Gasteiger partial charge is 0.376 e. The molecular weight excluding hydrogens is 292 g/mol. The quantitative estimate of drug-likeness (QED) is 0.910. The normalized spacial score (nSPS) is 18.7. The summed E-state index contributed by atoms with van der Waals surface area (Å²) in [7, 11) is 0. The third-order valence-electron chi connectivity index (χ3n) is 3.85. The smallest absolute Gasteiger partial charge is 0.239 e. The molecule has 0 spiro atoms. The van der Waals surface area contributed by atoms with Gasteiger partial charge >= 0.3 is 0 Å². The van der Waals surface area contributed by atoms with Crippen LogP contribution in [0.15, 0.2) is 42.6 Å². The highest BCUT2D eigenvalue weighted by Crippen LogP contribution is 2.11. The molecule has 1 aromatic carbocycles. The summed E-state index contributed by atoms with van der Waals surface area (Å²) in [5, 5.41) is 7.24. The first-order valence-corrected chi connectivity index (χ1v) is 7.90. The number of nitrogens with zero attached hydrogens (tertiary/aromatic N) is 3. The highest BCUT2D eigenvalue weighted by Gasteiger charge is 2.19. The van der Waals surface area contributed by atoms with Gasteiger partial charge in [-0.2, -0.15) is 5.10 Å². The minimum Gasteiger partial charge on any atom is -0.376 e. The third-order valence-corrected chi connectivity index (χ3v) is 3.85. The van der Waals surface area contributed by atoms with E-state index in [0.29, 0.717) is 19.7 Å². The number of amides is 1. The van der Waals surface area contributed by atoms with Crippen LogP contribution in [0.3, 0.4) is 0 Å². The minimum atomic E-state index is -0.0195. The Balaban J connectivity index is 1.58. The van der Waals surface area contributed by atoms with Crippen LogP contribution in [0.1, 0.15) is 12.5 Å². The summed E-state index contributed by atoms with van der Waals surface area (Å²) in [5.74, 6) is 0.703. The summed E-state index contributed by atoms with van der Waals surface area (Å²) >= 11 is 0. The summed E-state index contributed by atoms with van der Waals surface area (Å²) in [5.41, 5.74) is 1.15. The van der Waals surface area contributed by atoms with Crippen LogP contribution in [0.25, 0.3) is 0 Å². The number of anilines is 1. The first-order valence-electron chi connectivity index (χ1n) is 7.90. The molecule has 3 rings (SSSR count). The molecule has 0 radical (unpaired) electrons. The van der Waals surface area contributed by atoms with E-state index >= 15 is 0 Å². The molecule has 1 aromatic heterocycles. The van der Waals surface area contributed by atoms with Gasteiger partial charge in [0.2, 0.25) is 5.91 Å². The molecule has 6 nitrogen and oxygen atoms in total. The summed E-state index contributed by atoms with van der Waals surface area (Å²) < 4.78 is 7.29. The predicted molar refractivity (Wildman–Crippen MR) is 88.3 cm³/mol. The fourth-order valence-corrected chi connectivity index (χ4v) is 2.74. The van der Waals surface area contributed by atoms with Crippen LogP contribution in [0.2, 0.25) is 0 Å². The number of hydrogen-bond acceptors (Lipinski definition) is 4. The molecule has 1 N–H and O–H groups in total. The van der Waals surface area contributed by atoms with E-state index < -0.39 is 0 Å². The van der Waals surface area contributed by atoms with Crippen LogP contribution in [-0.2, 0) is 16.1 Å². The van der Waals surface area contributed by atoms with Crippen LogP contribution in [0, 0.1) is 0 Å². The summed E-state index contributed by atoms with van der Waals surface area (Å²) in [4.78, 5) is 14.4. The zero-order valence-corrected chi connectivity index (χ0v) is 13.3. The lowest BCUT2D eigenvalue weighted by molar-refractivity contribution is -0.119. The molecule has 0 saturated carbocycles. The molecule has 1 amide bonds. The topological polar surface area (TPSA) is 59.4 Å². The molecule has 1 aliphatic heterocycles. The zero-order chi connectivity index (χ0) is 16.1. The van der Waals surface area contributed by atoms with Crippen LogP contribution in [-0.4, -0.2) is 52.9 Å². The molecule has 23 heavy (non-hydrogen) atoms. The Hall–Kier alpha value is -2.18. The number of morpholine rings is 1. The maximum atomic E-state index is 12.3. The van der Waals surface area contributed by atoms with Crippen molar-refractivity contribution >= 4 is 11.7 Å². The Morgan fingerprint density at radius 2 is 2.17 bits per heavy atom. The highest BCUT2D eigenvalue weighted by molar-refractivity contribution is 5.91. The number of benzene rings is 1. The van der Waals surface area contributed by atoms with Gasteiger partial charge in [0.15, 0.2) is 0 Å². The number of nitrogens with one attached hydrogen (secondary N) is 1. The van der Waals surface area contributed by atoms with Crippen LogP contribution >= 0.6 is 0 Å². The molecule has 122 valence electrons. The van der Waals surface area contributed by atoms with Crippen molar-refractivity contribution in [1.29, 1.82) is 0 Å². The van der Waals surface area contributed by atoms with Gasteiger partial charge in [-0.15, -0.1) is 0 Å². The average molecular weight is 314 g/mol. The van der Waals surface area contributed by atoms with Crippen LogP contribution in [0.4, 0.5) is 5.82 Å². The second-order valence-electron chi connectivity index (χ2n) is 5.82. The van der Waals surface area contributed by atoms with Crippen molar-refractivity contribution in [3.63, 3.8) is 0 Å². The number of carbonyl (C=O) groups excluding carboxylic acids is 1. The molecule has 1 fully saturated rings. The van der Waals surface area contributed by atoms with E-state index in [1.807, 2.05) is 43.3 Å².